The maximum absolute atomic E-state index is 14.4. The van der Waals surface area contributed by atoms with Gasteiger partial charge in [0.15, 0.2) is 5.96 Å². The van der Waals surface area contributed by atoms with Crippen molar-refractivity contribution in [3.05, 3.63) is 54.1 Å². The van der Waals surface area contributed by atoms with Crippen molar-refractivity contribution in [2.45, 2.75) is 148 Å². The van der Waals surface area contributed by atoms with E-state index in [4.69, 9.17) is 28.7 Å². The summed E-state index contributed by atoms with van der Waals surface area (Å²) in [7, 11) is 0. The van der Waals surface area contributed by atoms with Crippen LogP contribution in [0.5, 0.6) is 0 Å². The number of imidazole rings is 1. The average molecular weight is 925 g/mol. The molecular formula is C45H76N14O7. The Kier molecular flexibility index (Phi) is 25.0. The molecule has 0 saturated heterocycles. The second-order valence-electron chi connectivity index (χ2n) is 17.6. The first kappa shape index (κ1) is 56.0. The van der Waals surface area contributed by atoms with E-state index >= 15 is 0 Å². The zero-order chi connectivity index (χ0) is 49.3. The molecule has 0 saturated carbocycles. The fourth-order valence-corrected chi connectivity index (χ4v) is 6.98. The molecule has 21 heteroatoms. The standard InChI is InChI=1S/C45H76N14O7/c1-7-28(6)37(47)44(66)55-31(16-11-12-18-46)39(61)57-34(20-26(2)3)41(63)54-32(17-13-19-52-45(49)50)40(62)59-36(22-29-14-9-8-10-15-29)43(65)58-35(21-27(4)5)42(64)56-33(38(48)60)23-30-24-51-25-53-30/h8-10,14-15,24-28,31-37H,7,11-13,16-23,46-47H2,1-6H3,(H2,48,60)(H,51,53)(H,54,63)(H,55,66)(H,56,64)(H,57,61)(H,58,65)(H,59,62)(H4,49,50,52)/t28-,31-,32-,33-,34-,35-,36-,37-/m0/s1. The maximum Gasteiger partial charge on any atom is 0.243 e. The number of carbonyl (C=O) groups excluding carboxylic acids is 7. The van der Waals surface area contributed by atoms with Gasteiger partial charge in [0.25, 0.3) is 0 Å². The van der Waals surface area contributed by atoms with Crippen LogP contribution < -0.4 is 60.6 Å². The van der Waals surface area contributed by atoms with Crippen molar-refractivity contribution in [2.75, 3.05) is 13.1 Å². The van der Waals surface area contributed by atoms with Crippen LogP contribution in [0.1, 0.15) is 104 Å². The van der Waals surface area contributed by atoms with Gasteiger partial charge in [-0.2, -0.15) is 0 Å². The lowest BCUT2D eigenvalue weighted by Crippen LogP contribution is -2.60. The highest BCUT2D eigenvalue weighted by Gasteiger charge is 2.34. The number of aliphatic imine (C=N–C) groups is 1. The van der Waals surface area contributed by atoms with Crippen LogP contribution in [0.25, 0.3) is 0 Å². The van der Waals surface area contributed by atoms with E-state index in [0.29, 0.717) is 37.1 Å². The van der Waals surface area contributed by atoms with Crippen LogP contribution in [0, 0.1) is 17.8 Å². The molecule has 1 aromatic carbocycles. The lowest BCUT2D eigenvalue weighted by molar-refractivity contribution is -0.136. The largest absolute Gasteiger partial charge is 0.370 e. The second-order valence-corrected chi connectivity index (χ2v) is 17.6. The number of unbranched alkanes of at least 4 members (excludes halogenated alkanes) is 1. The Morgan fingerprint density at radius 1 is 0.636 bits per heavy atom. The summed E-state index contributed by atoms with van der Waals surface area (Å²) in [4.78, 5) is 107. The van der Waals surface area contributed by atoms with Crippen molar-refractivity contribution in [2.24, 2.45) is 51.4 Å². The normalized spacial score (nSPS) is 14.9. The Balaban J connectivity index is 2.46. The van der Waals surface area contributed by atoms with E-state index in [1.54, 1.807) is 30.3 Å². The first-order valence-electron chi connectivity index (χ1n) is 22.9. The number of aromatic amines is 1. The molecular weight excluding hydrogens is 849 g/mol. The summed E-state index contributed by atoms with van der Waals surface area (Å²) in [5, 5.41) is 16.6. The minimum atomic E-state index is -1.26. The van der Waals surface area contributed by atoms with E-state index in [9.17, 15) is 33.6 Å². The highest BCUT2D eigenvalue weighted by Crippen LogP contribution is 2.13. The molecule has 0 unspecified atom stereocenters. The maximum atomic E-state index is 14.4. The van der Waals surface area contributed by atoms with Gasteiger partial charge in [0.2, 0.25) is 41.4 Å². The van der Waals surface area contributed by atoms with E-state index in [-0.39, 0.29) is 75.2 Å². The topological polar surface area (TPSA) is 363 Å². The van der Waals surface area contributed by atoms with Gasteiger partial charge >= 0.3 is 0 Å². The quantitative estimate of drug-likeness (QED) is 0.0252. The lowest BCUT2D eigenvalue weighted by Gasteiger charge is -2.28. The number of hydrogen-bond acceptors (Lipinski definition) is 11. The van der Waals surface area contributed by atoms with Gasteiger partial charge < -0.3 is 65.6 Å². The number of rotatable bonds is 31. The van der Waals surface area contributed by atoms with Crippen molar-refractivity contribution in [3.8, 4) is 0 Å². The highest BCUT2D eigenvalue weighted by molar-refractivity contribution is 5.97. The van der Waals surface area contributed by atoms with Crippen molar-refractivity contribution in [1.82, 2.24) is 41.9 Å². The summed E-state index contributed by atoms with van der Waals surface area (Å²) in [6.45, 7) is 11.7. The third-order valence-corrected chi connectivity index (χ3v) is 11.0. The molecule has 0 aliphatic rings. The molecule has 66 heavy (non-hydrogen) atoms. The SMILES string of the molecule is CC[C@H](C)[C@H](N)C(=O)N[C@@H](CCCCN)C(=O)N[C@@H](CC(C)C)C(=O)N[C@@H](CCCN=C(N)N)C(=O)N[C@@H](Cc1ccccc1)C(=O)N[C@@H](CC(C)C)C(=O)N[C@@H](Cc1cnc[nH]1)C(N)=O. The van der Waals surface area contributed by atoms with E-state index in [2.05, 4.69) is 46.9 Å². The number of primary amides is 1. The third-order valence-electron chi connectivity index (χ3n) is 11.0. The van der Waals surface area contributed by atoms with Gasteiger partial charge in [-0.15, -0.1) is 0 Å². The zero-order valence-electron chi connectivity index (χ0n) is 39.4. The molecule has 0 fully saturated rings. The van der Waals surface area contributed by atoms with Gasteiger partial charge in [-0.25, -0.2) is 4.98 Å². The van der Waals surface area contributed by atoms with Crippen LogP contribution >= 0.6 is 0 Å². The Bertz CT molecular complexity index is 1860. The molecule has 0 spiro atoms. The molecule has 8 atom stereocenters. The lowest BCUT2D eigenvalue weighted by atomic mass is 9.98. The Morgan fingerprint density at radius 2 is 1.12 bits per heavy atom. The molecule has 0 aliphatic heterocycles. The molecule has 21 nitrogen and oxygen atoms in total. The predicted molar refractivity (Wildman–Crippen MR) is 252 cm³/mol. The van der Waals surface area contributed by atoms with Gasteiger partial charge in [0.05, 0.1) is 12.4 Å². The first-order valence-corrected chi connectivity index (χ1v) is 22.9. The molecule has 0 bridgehead atoms. The third kappa shape index (κ3) is 20.8. The average Bonchev–Trinajstić information content (AvgIpc) is 3.78. The zero-order valence-corrected chi connectivity index (χ0v) is 39.4. The van der Waals surface area contributed by atoms with Crippen LogP contribution in [0.15, 0.2) is 47.8 Å². The van der Waals surface area contributed by atoms with E-state index in [1.807, 2.05) is 41.5 Å². The van der Waals surface area contributed by atoms with Crippen LogP contribution in [-0.2, 0) is 46.4 Å². The number of aromatic nitrogens is 2. The van der Waals surface area contributed by atoms with Crippen LogP contribution in [0.2, 0.25) is 0 Å². The minimum absolute atomic E-state index is 0.00315. The Morgan fingerprint density at radius 3 is 1.61 bits per heavy atom. The van der Waals surface area contributed by atoms with Crippen molar-refractivity contribution in [1.29, 1.82) is 0 Å². The summed E-state index contributed by atoms with van der Waals surface area (Å²) < 4.78 is 0. The molecule has 0 aliphatic carbocycles. The summed E-state index contributed by atoms with van der Waals surface area (Å²) in [5.41, 5.74) is 29.9. The summed E-state index contributed by atoms with van der Waals surface area (Å²) in [6.07, 6.45) is 5.57. The molecule has 1 aromatic heterocycles. The molecule has 368 valence electrons. The molecule has 17 N–H and O–H groups in total. The van der Waals surface area contributed by atoms with Crippen LogP contribution in [-0.4, -0.2) is 113 Å². The Labute approximate surface area is 388 Å². The van der Waals surface area contributed by atoms with Gasteiger partial charge in [-0.05, 0) is 74.8 Å². The van der Waals surface area contributed by atoms with E-state index in [0.717, 1.165) is 0 Å². The Hall–Kier alpha value is -6.09. The van der Waals surface area contributed by atoms with Crippen LogP contribution in [0.4, 0.5) is 0 Å². The molecule has 2 rings (SSSR count). The number of amides is 7. The summed E-state index contributed by atoms with van der Waals surface area (Å²) >= 11 is 0. The van der Waals surface area contributed by atoms with E-state index in [1.165, 1.54) is 12.5 Å². The number of nitrogens with zero attached hydrogens (tertiary/aromatic N) is 2. The summed E-state index contributed by atoms with van der Waals surface area (Å²) in [6, 6.07) is 1.10. The van der Waals surface area contributed by atoms with Crippen LogP contribution in [0.3, 0.4) is 0 Å². The van der Waals surface area contributed by atoms with Gasteiger partial charge in [-0.1, -0.05) is 78.3 Å². The van der Waals surface area contributed by atoms with Gasteiger partial charge in [-0.3, -0.25) is 38.6 Å². The number of nitrogens with two attached hydrogens (primary N) is 5. The molecule has 2 aromatic rings. The first-order chi connectivity index (χ1) is 31.2. The number of guanidine groups is 1. The fourth-order valence-electron chi connectivity index (χ4n) is 6.98. The van der Waals surface area contributed by atoms with Gasteiger partial charge in [0.1, 0.15) is 36.3 Å². The number of carbonyl (C=O) groups is 7. The van der Waals surface area contributed by atoms with Crippen molar-refractivity contribution >= 4 is 47.3 Å². The van der Waals surface area contributed by atoms with E-state index < -0.39 is 83.6 Å². The summed E-state index contributed by atoms with van der Waals surface area (Å²) in [5.74, 6) is -5.17. The number of H-pyrrole nitrogens is 1. The fraction of sp³-hybridized carbons (Fsp3) is 0.622. The van der Waals surface area contributed by atoms with Crippen molar-refractivity contribution < 1.29 is 33.6 Å². The molecule has 0 radical (unpaired) electrons. The van der Waals surface area contributed by atoms with Gasteiger partial charge in [0, 0.05) is 31.3 Å². The minimum Gasteiger partial charge on any atom is -0.370 e. The smallest absolute Gasteiger partial charge is 0.243 e. The highest BCUT2D eigenvalue weighted by atomic mass is 16.2. The number of hydrogen-bond donors (Lipinski definition) is 12. The second kappa shape index (κ2) is 29.4. The molecule has 1 heterocycles. The number of benzene rings is 1. The number of nitrogens with one attached hydrogen (secondary N) is 7. The van der Waals surface area contributed by atoms with Crippen molar-refractivity contribution in [3.63, 3.8) is 0 Å². The monoisotopic (exact) mass is 925 g/mol. The molecule has 7 amide bonds. The predicted octanol–water partition coefficient (Wildman–Crippen LogP) is -0.763.